The third-order valence-electron chi connectivity index (χ3n) is 3.33. The average molecular weight is 274 g/mol. The summed E-state index contributed by atoms with van der Waals surface area (Å²) in [4.78, 5) is 0. The van der Waals surface area contributed by atoms with Crippen molar-refractivity contribution in [3.63, 3.8) is 0 Å². The van der Waals surface area contributed by atoms with Gasteiger partial charge >= 0.3 is 0 Å². The standard InChI is InChI=1S/C12H20ClN3S/c1-9-12(13)11(16(2)15-9)8-14-7-10-3-5-17-6-4-10/h10,14H,3-8H2,1-2H3. The van der Waals surface area contributed by atoms with Gasteiger partial charge in [-0.1, -0.05) is 11.6 Å². The molecule has 0 spiro atoms. The molecule has 0 saturated carbocycles. The molecule has 1 N–H and O–H groups in total. The number of hydrogen-bond donors (Lipinski definition) is 1. The molecule has 1 fully saturated rings. The van der Waals surface area contributed by atoms with Gasteiger partial charge in [-0.2, -0.15) is 16.9 Å². The van der Waals surface area contributed by atoms with Crippen LogP contribution in [0.15, 0.2) is 0 Å². The van der Waals surface area contributed by atoms with Gasteiger partial charge in [-0.05, 0) is 43.7 Å². The van der Waals surface area contributed by atoms with Crippen molar-refractivity contribution in [2.45, 2.75) is 26.3 Å². The molecule has 0 aliphatic carbocycles. The van der Waals surface area contributed by atoms with Crippen molar-refractivity contribution in [1.82, 2.24) is 15.1 Å². The van der Waals surface area contributed by atoms with E-state index in [0.29, 0.717) is 0 Å². The molecular formula is C12H20ClN3S. The summed E-state index contributed by atoms with van der Waals surface area (Å²) >= 11 is 8.28. The lowest BCUT2D eigenvalue weighted by molar-refractivity contribution is 0.443. The first-order valence-corrected chi connectivity index (χ1v) is 7.68. The Kier molecular flexibility index (Phi) is 4.77. The Morgan fingerprint density at radius 2 is 2.18 bits per heavy atom. The number of nitrogens with one attached hydrogen (secondary N) is 1. The smallest absolute Gasteiger partial charge is 0.0860 e. The van der Waals surface area contributed by atoms with E-state index >= 15 is 0 Å². The van der Waals surface area contributed by atoms with Crippen LogP contribution in [0.25, 0.3) is 0 Å². The molecule has 96 valence electrons. The number of thioether (sulfide) groups is 1. The minimum atomic E-state index is 0.805. The molecule has 5 heteroatoms. The quantitative estimate of drug-likeness (QED) is 0.915. The second-order valence-corrected chi connectivity index (χ2v) is 6.26. The summed E-state index contributed by atoms with van der Waals surface area (Å²) in [5.41, 5.74) is 2.01. The molecule has 1 aromatic rings. The van der Waals surface area contributed by atoms with Crippen LogP contribution in [0.5, 0.6) is 0 Å². The van der Waals surface area contributed by atoms with E-state index in [9.17, 15) is 0 Å². The van der Waals surface area contributed by atoms with Crippen LogP contribution in [-0.2, 0) is 13.6 Å². The highest BCUT2D eigenvalue weighted by Gasteiger charge is 2.14. The highest BCUT2D eigenvalue weighted by Crippen LogP contribution is 2.22. The van der Waals surface area contributed by atoms with Crippen molar-refractivity contribution >= 4 is 23.4 Å². The number of nitrogens with zero attached hydrogens (tertiary/aromatic N) is 2. The van der Waals surface area contributed by atoms with Crippen LogP contribution in [0, 0.1) is 12.8 Å². The number of aryl methyl sites for hydroxylation is 2. The monoisotopic (exact) mass is 273 g/mol. The maximum absolute atomic E-state index is 6.21. The predicted molar refractivity (Wildman–Crippen MR) is 74.7 cm³/mol. The van der Waals surface area contributed by atoms with Crippen LogP contribution in [-0.4, -0.2) is 27.8 Å². The first-order chi connectivity index (χ1) is 8.18. The van der Waals surface area contributed by atoms with Gasteiger partial charge < -0.3 is 5.32 Å². The molecule has 0 amide bonds. The molecule has 2 rings (SSSR count). The molecule has 1 aromatic heterocycles. The number of halogens is 1. The van der Waals surface area contributed by atoms with Crippen LogP contribution in [0.4, 0.5) is 0 Å². The SMILES string of the molecule is Cc1nn(C)c(CNCC2CCSCC2)c1Cl. The summed E-state index contributed by atoms with van der Waals surface area (Å²) in [5.74, 6) is 3.47. The van der Waals surface area contributed by atoms with E-state index in [2.05, 4.69) is 22.2 Å². The lowest BCUT2D eigenvalue weighted by Gasteiger charge is -2.21. The Bertz CT molecular complexity index is 372. The summed E-state index contributed by atoms with van der Waals surface area (Å²) in [6, 6.07) is 0. The zero-order chi connectivity index (χ0) is 12.3. The minimum absolute atomic E-state index is 0.805. The van der Waals surface area contributed by atoms with E-state index in [1.807, 2.05) is 18.7 Å². The second kappa shape index (κ2) is 6.12. The van der Waals surface area contributed by atoms with Crippen LogP contribution in [0.2, 0.25) is 5.02 Å². The number of rotatable bonds is 4. The van der Waals surface area contributed by atoms with E-state index in [4.69, 9.17) is 11.6 Å². The van der Waals surface area contributed by atoms with Crippen LogP contribution < -0.4 is 5.32 Å². The van der Waals surface area contributed by atoms with E-state index < -0.39 is 0 Å². The van der Waals surface area contributed by atoms with E-state index in [0.717, 1.165) is 35.4 Å². The van der Waals surface area contributed by atoms with Gasteiger partial charge in [-0.25, -0.2) is 0 Å². The van der Waals surface area contributed by atoms with Gasteiger partial charge in [0.2, 0.25) is 0 Å². The lowest BCUT2D eigenvalue weighted by Crippen LogP contribution is -2.26. The van der Waals surface area contributed by atoms with Gasteiger partial charge in [-0.3, -0.25) is 4.68 Å². The molecule has 1 aliphatic rings. The summed E-state index contributed by atoms with van der Waals surface area (Å²) in [6.07, 6.45) is 2.69. The van der Waals surface area contributed by atoms with Crippen molar-refractivity contribution in [3.8, 4) is 0 Å². The summed E-state index contributed by atoms with van der Waals surface area (Å²) in [6.45, 7) is 3.87. The van der Waals surface area contributed by atoms with Gasteiger partial charge in [0.25, 0.3) is 0 Å². The van der Waals surface area contributed by atoms with Crippen molar-refractivity contribution < 1.29 is 0 Å². The fourth-order valence-corrected chi connectivity index (χ4v) is 3.65. The third-order valence-corrected chi connectivity index (χ3v) is 4.87. The molecule has 0 aromatic carbocycles. The molecular weight excluding hydrogens is 254 g/mol. The zero-order valence-corrected chi connectivity index (χ0v) is 12.1. The predicted octanol–water partition coefficient (Wildman–Crippen LogP) is 2.61. The first-order valence-electron chi connectivity index (χ1n) is 6.15. The Balaban J connectivity index is 1.81. The van der Waals surface area contributed by atoms with E-state index in [-0.39, 0.29) is 0 Å². The molecule has 1 saturated heterocycles. The highest BCUT2D eigenvalue weighted by atomic mass is 35.5. The third kappa shape index (κ3) is 3.39. The first kappa shape index (κ1) is 13.2. The van der Waals surface area contributed by atoms with Crippen molar-refractivity contribution in [2.24, 2.45) is 13.0 Å². The maximum atomic E-state index is 6.21. The highest BCUT2D eigenvalue weighted by molar-refractivity contribution is 7.99. The summed E-state index contributed by atoms with van der Waals surface area (Å²) in [5, 5.41) is 8.63. The Labute approximate surface area is 112 Å². The minimum Gasteiger partial charge on any atom is -0.311 e. The molecule has 0 bridgehead atoms. The molecule has 0 radical (unpaired) electrons. The van der Waals surface area contributed by atoms with Gasteiger partial charge in [0, 0.05) is 13.6 Å². The summed E-state index contributed by atoms with van der Waals surface area (Å²) < 4.78 is 1.88. The molecule has 0 atom stereocenters. The second-order valence-electron chi connectivity index (χ2n) is 4.66. The van der Waals surface area contributed by atoms with Crippen molar-refractivity contribution in [3.05, 3.63) is 16.4 Å². The Morgan fingerprint density at radius 3 is 2.76 bits per heavy atom. The molecule has 17 heavy (non-hydrogen) atoms. The fourth-order valence-electron chi connectivity index (χ4n) is 2.22. The van der Waals surface area contributed by atoms with Crippen molar-refractivity contribution in [2.75, 3.05) is 18.1 Å². The Morgan fingerprint density at radius 1 is 1.47 bits per heavy atom. The van der Waals surface area contributed by atoms with Crippen LogP contribution >= 0.6 is 23.4 Å². The zero-order valence-electron chi connectivity index (χ0n) is 10.5. The van der Waals surface area contributed by atoms with Crippen LogP contribution in [0.1, 0.15) is 24.2 Å². The number of aromatic nitrogens is 2. The average Bonchev–Trinajstić information content (AvgIpc) is 2.57. The van der Waals surface area contributed by atoms with Gasteiger partial charge in [-0.15, -0.1) is 0 Å². The van der Waals surface area contributed by atoms with Crippen molar-refractivity contribution in [1.29, 1.82) is 0 Å². The molecule has 2 heterocycles. The fraction of sp³-hybridized carbons (Fsp3) is 0.750. The summed E-state index contributed by atoms with van der Waals surface area (Å²) in [7, 11) is 1.95. The van der Waals surface area contributed by atoms with Gasteiger partial charge in [0.15, 0.2) is 0 Å². The molecule has 0 unspecified atom stereocenters. The van der Waals surface area contributed by atoms with E-state index in [1.165, 1.54) is 24.3 Å². The van der Waals surface area contributed by atoms with Gasteiger partial charge in [0.1, 0.15) is 0 Å². The van der Waals surface area contributed by atoms with Gasteiger partial charge in [0.05, 0.1) is 16.4 Å². The molecule has 1 aliphatic heterocycles. The normalized spacial score (nSPS) is 17.6. The molecule has 3 nitrogen and oxygen atoms in total. The topological polar surface area (TPSA) is 29.9 Å². The largest absolute Gasteiger partial charge is 0.311 e. The lowest BCUT2D eigenvalue weighted by atomic mass is 10.0. The maximum Gasteiger partial charge on any atom is 0.0860 e. The van der Waals surface area contributed by atoms with Crippen LogP contribution in [0.3, 0.4) is 0 Å². The Hall–Kier alpha value is -0.190. The number of hydrogen-bond acceptors (Lipinski definition) is 3. The van der Waals surface area contributed by atoms with E-state index in [1.54, 1.807) is 0 Å².